The first-order valence-electron chi connectivity index (χ1n) is 2.21. The van der Waals surface area contributed by atoms with E-state index in [-0.39, 0.29) is 0 Å². The molecule has 1 aromatic rings. The van der Waals surface area contributed by atoms with Gasteiger partial charge in [-0.1, -0.05) is 0 Å². The zero-order valence-corrected chi connectivity index (χ0v) is 7.39. The Morgan fingerprint density at radius 3 is 2.50 bits per heavy atom. The molecule has 2 heteroatoms. The molecule has 0 amide bonds. The molecule has 1 radical (unpaired) electrons. The van der Waals surface area contributed by atoms with E-state index in [0.29, 0.717) is 0 Å². The summed E-state index contributed by atoms with van der Waals surface area (Å²) in [5, 5.41) is 0. The number of rotatable bonds is 0. The van der Waals surface area contributed by atoms with Gasteiger partial charge < -0.3 is 0 Å². The summed E-state index contributed by atoms with van der Waals surface area (Å²) in [5.74, 6) is 0. The zero-order chi connectivity index (χ0) is 5.98. The van der Waals surface area contributed by atoms with Crippen molar-refractivity contribution in [3.63, 3.8) is 0 Å². The van der Waals surface area contributed by atoms with E-state index < -0.39 is 0 Å². The predicted octanol–water partition coefficient (Wildman–Crippen LogP) is 1.24. The van der Waals surface area contributed by atoms with Crippen LogP contribution in [0.2, 0.25) is 0 Å². The van der Waals surface area contributed by atoms with E-state index in [4.69, 9.17) is 0 Å². The summed E-state index contributed by atoms with van der Waals surface area (Å²) < 4.78 is 2.29. The average Bonchev–Trinajstić information content (AvgIpc) is 1.64. The Morgan fingerprint density at radius 1 is 1.38 bits per heavy atom. The van der Waals surface area contributed by atoms with Crippen molar-refractivity contribution in [1.82, 2.24) is 0 Å². The van der Waals surface area contributed by atoms with Crippen LogP contribution < -0.4 is 4.46 Å². The van der Waals surface area contributed by atoms with Crippen molar-refractivity contribution in [2.75, 3.05) is 0 Å². The van der Waals surface area contributed by atoms with E-state index in [9.17, 15) is 0 Å². The Kier molecular flexibility index (Phi) is 2.12. The molecule has 0 bridgehead atoms. The topological polar surface area (TPSA) is 0 Å². The molecule has 41 valence electrons. The molecule has 0 heterocycles. The molecule has 0 fully saturated rings. The van der Waals surface area contributed by atoms with Crippen molar-refractivity contribution < 1.29 is 0 Å². The van der Waals surface area contributed by atoms with E-state index in [2.05, 4.69) is 31.9 Å². The first kappa shape index (κ1) is 6.34. The molecule has 0 aliphatic rings. The Balaban J connectivity index is 3.08. The molecular formula is C6H4BrSe. The maximum absolute atomic E-state index is 3.34. The van der Waals surface area contributed by atoms with E-state index in [1.165, 1.54) is 4.46 Å². The fourth-order valence-corrected chi connectivity index (χ4v) is 1.64. The number of hydrogen-bond acceptors (Lipinski definition) is 0. The molecule has 0 saturated carbocycles. The quantitative estimate of drug-likeness (QED) is 0.593. The Bertz CT molecular complexity index is 168. The first-order chi connectivity index (χ1) is 3.79. The molecule has 0 atom stereocenters. The summed E-state index contributed by atoms with van der Waals surface area (Å²) in [6, 6.07) is 8.04. The molecule has 0 spiro atoms. The molecule has 0 aliphatic heterocycles. The third-order valence-corrected chi connectivity index (χ3v) is 1.82. The predicted molar refractivity (Wildman–Crippen MR) is 39.5 cm³/mol. The third-order valence-electron chi connectivity index (χ3n) is 0.796. The van der Waals surface area contributed by atoms with Crippen LogP contribution in [0.25, 0.3) is 0 Å². The Morgan fingerprint density at radius 2 is 2.12 bits per heavy atom. The van der Waals surface area contributed by atoms with Gasteiger partial charge in [0.05, 0.1) is 0 Å². The van der Waals surface area contributed by atoms with E-state index in [1.54, 1.807) is 0 Å². The van der Waals surface area contributed by atoms with Crippen molar-refractivity contribution in [2.24, 2.45) is 0 Å². The van der Waals surface area contributed by atoms with Crippen molar-refractivity contribution in [3.05, 3.63) is 28.7 Å². The molecule has 0 unspecified atom stereocenters. The maximum atomic E-state index is 3.34. The second-order valence-corrected chi connectivity index (χ2v) is 3.36. The van der Waals surface area contributed by atoms with Crippen LogP contribution in [0, 0.1) is 0 Å². The number of hydrogen-bond donors (Lipinski definition) is 0. The normalized spacial score (nSPS) is 9.12. The van der Waals surface area contributed by atoms with Gasteiger partial charge in [-0.15, -0.1) is 0 Å². The minimum atomic E-state index is 1.12. The summed E-state index contributed by atoms with van der Waals surface area (Å²) in [7, 11) is 0. The molecular weight excluding hydrogens is 231 g/mol. The van der Waals surface area contributed by atoms with Crippen LogP contribution in [-0.4, -0.2) is 16.0 Å². The fourth-order valence-electron chi connectivity index (χ4n) is 0.467. The molecule has 0 N–H and O–H groups in total. The number of benzene rings is 1. The van der Waals surface area contributed by atoms with Gasteiger partial charge in [0.15, 0.2) is 0 Å². The van der Waals surface area contributed by atoms with Gasteiger partial charge in [0.2, 0.25) is 0 Å². The van der Waals surface area contributed by atoms with Gasteiger partial charge in [-0.25, -0.2) is 0 Å². The van der Waals surface area contributed by atoms with Gasteiger partial charge in [0.25, 0.3) is 0 Å². The summed E-state index contributed by atoms with van der Waals surface area (Å²) in [4.78, 5) is 0. The monoisotopic (exact) mass is 235 g/mol. The SMILES string of the molecule is [Se]c1cccc(Br)c1. The van der Waals surface area contributed by atoms with Gasteiger partial charge in [-0.05, 0) is 0 Å². The molecule has 8 heavy (non-hydrogen) atoms. The van der Waals surface area contributed by atoms with E-state index >= 15 is 0 Å². The van der Waals surface area contributed by atoms with Crippen molar-refractivity contribution in [1.29, 1.82) is 0 Å². The second-order valence-electron chi connectivity index (χ2n) is 1.46. The molecule has 1 aromatic carbocycles. The van der Waals surface area contributed by atoms with Crippen LogP contribution >= 0.6 is 15.9 Å². The van der Waals surface area contributed by atoms with Crippen LogP contribution in [0.3, 0.4) is 0 Å². The van der Waals surface area contributed by atoms with Gasteiger partial charge in [0.1, 0.15) is 0 Å². The van der Waals surface area contributed by atoms with Crippen LogP contribution in [-0.2, 0) is 0 Å². The van der Waals surface area contributed by atoms with Crippen molar-refractivity contribution >= 4 is 36.4 Å². The van der Waals surface area contributed by atoms with Gasteiger partial charge in [-0.2, -0.15) is 0 Å². The molecule has 0 nitrogen and oxygen atoms in total. The van der Waals surface area contributed by atoms with E-state index in [1.807, 2.05) is 24.3 Å². The summed E-state index contributed by atoms with van der Waals surface area (Å²) in [6.07, 6.45) is 0. The Labute approximate surface area is 65.2 Å². The summed E-state index contributed by atoms with van der Waals surface area (Å²) >= 11 is 6.25. The fraction of sp³-hybridized carbons (Fsp3) is 0. The van der Waals surface area contributed by atoms with Gasteiger partial charge in [0, 0.05) is 0 Å². The van der Waals surface area contributed by atoms with Gasteiger partial charge in [-0.3, -0.25) is 0 Å². The molecule has 0 aromatic heterocycles. The minimum absolute atomic E-state index is 1.12. The van der Waals surface area contributed by atoms with Crippen LogP contribution in [0.4, 0.5) is 0 Å². The zero-order valence-electron chi connectivity index (χ0n) is 4.10. The third kappa shape index (κ3) is 1.62. The number of halogens is 1. The first-order valence-corrected chi connectivity index (χ1v) is 3.86. The van der Waals surface area contributed by atoms with Crippen LogP contribution in [0.5, 0.6) is 0 Å². The van der Waals surface area contributed by atoms with Crippen LogP contribution in [0.1, 0.15) is 0 Å². The summed E-state index contributed by atoms with van der Waals surface area (Å²) in [6.45, 7) is 0. The molecule has 0 aliphatic carbocycles. The summed E-state index contributed by atoms with van der Waals surface area (Å²) in [5.41, 5.74) is 0. The molecule has 1 rings (SSSR count). The molecule has 0 saturated heterocycles. The standard InChI is InChI=1S/C6H4BrSe/c7-5-2-1-3-6(8)4-5/h1-4H. The van der Waals surface area contributed by atoms with E-state index in [0.717, 1.165) is 4.47 Å². The second kappa shape index (κ2) is 2.67. The average molecular weight is 235 g/mol. The van der Waals surface area contributed by atoms with Crippen molar-refractivity contribution in [2.45, 2.75) is 0 Å². The Hall–Kier alpha value is 0.219. The van der Waals surface area contributed by atoms with Crippen LogP contribution in [0.15, 0.2) is 28.7 Å². The van der Waals surface area contributed by atoms with Crippen molar-refractivity contribution in [3.8, 4) is 0 Å². The van der Waals surface area contributed by atoms with Gasteiger partial charge >= 0.3 is 65.1 Å².